The summed E-state index contributed by atoms with van der Waals surface area (Å²) in [7, 11) is -4.40. The average molecular weight is 306 g/mol. The first kappa shape index (κ1) is 17.4. The Kier molecular flexibility index (Phi) is 7.47. The predicted octanol–water partition coefficient (Wildman–Crippen LogP) is 1.17. The Hall–Kier alpha value is -0.660. The van der Waals surface area contributed by atoms with Crippen LogP contribution in [-0.2, 0) is 19.6 Å². The number of carbonyl (C=O) groups excluding carboxylic acids is 1. The molecular formula is C13H24NO5S-. The summed E-state index contributed by atoms with van der Waals surface area (Å²) in [6.07, 6.45) is 5.58. The van der Waals surface area contributed by atoms with Gasteiger partial charge in [-0.15, -0.1) is 0 Å². The van der Waals surface area contributed by atoms with Crippen LogP contribution in [0.25, 0.3) is 0 Å². The highest BCUT2D eigenvalue weighted by Gasteiger charge is 2.20. The Labute approximate surface area is 121 Å². The van der Waals surface area contributed by atoms with E-state index >= 15 is 0 Å². The Morgan fingerprint density at radius 2 is 2.00 bits per heavy atom. The molecule has 1 unspecified atom stereocenters. The molecule has 1 rings (SSSR count). The van der Waals surface area contributed by atoms with E-state index in [1.807, 2.05) is 6.92 Å². The molecular weight excluding hydrogens is 282 g/mol. The summed E-state index contributed by atoms with van der Waals surface area (Å²) < 4.78 is 37.6. The van der Waals surface area contributed by atoms with Crippen molar-refractivity contribution in [1.82, 2.24) is 5.32 Å². The van der Waals surface area contributed by atoms with Gasteiger partial charge in [-0.25, -0.2) is 8.42 Å². The average Bonchev–Trinajstić information content (AvgIpc) is 2.36. The molecule has 118 valence electrons. The standard InChI is InChI=1S/C13H25NO5S/c1-2-6-13(15)19-12(10-20(16,17)18)9-14-11-7-4-3-5-8-11/h11-12,14H,2-10H2,1H3,(H,16,17,18)/p-1. The van der Waals surface area contributed by atoms with Crippen molar-refractivity contribution >= 4 is 16.1 Å². The second-order valence-corrected chi connectivity index (χ2v) is 6.78. The topological polar surface area (TPSA) is 95.5 Å². The molecule has 0 aromatic carbocycles. The zero-order valence-corrected chi connectivity index (χ0v) is 12.8. The molecule has 6 nitrogen and oxygen atoms in total. The van der Waals surface area contributed by atoms with Gasteiger partial charge in [0.25, 0.3) is 0 Å². The van der Waals surface area contributed by atoms with Crippen molar-refractivity contribution in [3.8, 4) is 0 Å². The lowest BCUT2D eigenvalue weighted by Crippen LogP contribution is -2.41. The summed E-state index contributed by atoms with van der Waals surface area (Å²) in [5.74, 6) is -1.12. The molecule has 0 heterocycles. The van der Waals surface area contributed by atoms with E-state index in [1.54, 1.807) is 0 Å². The first-order valence-corrected chi connectivity index (χ1v) is 8.85. The molecule has 0 aliphatic heterocycles. The molecule has 0 saturated heterocycles. The Balaban J connectivity index is 2.46. The van der Waals surface area contributed by atoms with E-state index in [2.05, 4.69) is 5.32 Å². The highest BCUT2D eigenvalue weighted by Crippen LogP contribution is 2.17. The van der Waals surface area contributed by atoms with E-state index in [0.29, 0.717) is 12.5 Å². The molecule has 7 heteroatoms. The molecule has 0 spiro atoms. The molecule has 1 aliphatic rings. The van der Waals surface area contributed by atoms with Crippen molar-refractivity contribution in [1.29, 1.82) is 0 Å². The quantitative estimate of drug-likeness (QED) is 0.534. The van der Waals surface area contributed by atoms with E-state index < -0.39 is 27.9 Å². The van der Waals surface area contributed by atoms with E-state index in [0.717, 1.165) is 25.7 Å². The molecule has 0 bridgehead atoms. The van der Waals surface area contributed by atoms with Crippen LogP contribution in [0.2, 0.25) is 0 Å². The van der Waals surface area contributed by atoms with Gasteiger partial charge in [0, 0.05) is 19.0 Å². The molecule has 20 heavy (non-hydrogen) atoms. The first-order valence-electron chi connectivity index (χ1n) is 7.27. The van der Waals surface area contributed by atoms with Gasteiger partial charge in [-0.3, -0.25) is 4.79 Å². The molecule has 0 aromatic heterocycles. The van der Waals surface area contributed by atoms with Gasteiger partial charge in [0.05, 0.1) is 15.9 Å². The summed E-state index contributed by atoms with van der Waals surface area (Å²) in [6, 6.07) is 0.325. The van der Waals surface area contributed by atoms with Crippen molar-refractivity contribution in [2.24, 2.45) is 0 Å². The maximum atomic E-state index is 11.4. The van der Waals surface area contributed by atoms with E-state index in [9.17, 15) is 17.8 Å². The van der Waals surface area contributed by atoms with Crippen LogP contribution in [0.1, 0.15) is 51.9 Å². The van der Waals surface area contributed by atoms with Crippen molar-refractivity contribution in [3.05, 3.63) is 0 Å². The lowest BCUT2D eigenvalue weighted by molar-refractivity contribution is -0.147. The van der Waals surface area contributed by atoms with Gasteiger partial charge in [-0.05, 0) is 19.3 Å². The maximum Gasteiger partial charge on any atom is 0.306 e. The number of nitrogens with one attached hydrogen (secondary N) is 1. The van der Waals surface area contributed by atoms with Crippen molar-refractivity contribution in [3.63, 3.8) is 0 Å². The molecule has 1 fully saturated rings. The number of rotatable bonds is 8. The largest absolute Gasteiger partial charge is 0.748 e. The molecule has 0 amide bonds. The van der Waals surface area contributed by atoms with Gasteiger partial charge in [0.1, 0.15) is 6.10 Å². The van der Waals surface area contributed by atoms with Crippen LogP contribution in [0.5, 0.6) is 0 Å². The third-order valence-electron chi connectivity index (χ3n) is 3.38. The SMILES string of the molecule is CCCC(=O)OC(CNC1CCCCC1)CS(=O)(=O)[O-]. The van der Waals surface area contributed by atoms with Crippen LogP contribution in [-0.4, -0.2) is 43.4 Å². The van der Waals surface area contributed by atoms with Gasteiger partial charge in [0.2, 0.25) is 0 Å². The van der Waals surface area contributed by atoms with Crippen molar-refractivity contribution < 1.29 is 22.5 Å². The van der Waals surface area contributed by atoms with E-state index in [-0.39, 0.29) is 13.0 Å². The molecule has 1 aliphatic carbocycles. The number of esters is 1. The van der Waals surface area contributed by atoms with Gasteiger partial charge in [-0.1, -0.05) is 26.2 Å². The summed E-state index contributed by atoms with van der Waals surface area (Å²) in [5.41, 5.74) is 0. The number of ether oxygens (including phenoxy) is 1. The van der Waals surface area contributed by atoms with Crippen molar-refractivity contribution in [2.45, 2.75) is 64.0 Å². The predicted molar refractivity (Wildman–Crippen MR) is 74.2 cm³/mol. The number of carbonyl (C=O) groups is 1. The fraction of sp³-hybridized carbons (Fsp3) is 0.923. The minimum Gasteiger partial charge on any atom is -0.748 e. The second-order valence-electron chi connectivity index (χ2n) is 5.33. The highest BCUT2D eigenvalue weighted by molar-refractivity contribution is 7.85. The van der Waals surface area contributed by atoms with Gasteiger partial charge < -0.3 is 14.6 Å². The summed E-state index contributed by atoms with van der Waals surface area (Å²) in [4.78, 5) is 11.4. The zero-order chi connectivity index (χ0) is 15.0. The first-order chi connectivity index (χ1) is 9.40. The normalized spacial score (nSPS) is 18.7. The van der Waals surface area contributed by atoms with Crippen LogP contribution in [0.4, 0.5) is 0 Å². The number of hydrogen-bond acceptors (Lipinski definition) is 6. The summed E-state index contributed by atoms with van der Waals surface area (Å²) in [5, 5.41) is 3.21. The summed E-state index contributed by atoms with van der Waals surface area (Å²) in [6.45, 7) is 2.06. The molecule has 0 aromatic rings. The van der Waals surface area contributed by atoms with E-state index in [4.69, 9.17) is 4.74 Å². The second kappa shape index (κ2) is 8.59. The van der Waals surface area contributed by atoms with Crippen LogP contribution < -0.4 is 5.32 Å². The van der Waals surface area contributed by atoms with Gasteiger partial charge in [0.15, 0.2) is 0 Å². The third kappa shape index (κ3) is 7.81. The highest BCUT2D eigenvalue weighted by atomic mass is 32.2. The fourth-order valence-corrected chi connectivity index (χ4v) is 3.06. The van der Waals surface area contributed by atoms with Crippen LogP contribution in [0.3, 0.4) is 0 Å². The minimum atomic E-state index is -4.40. The van der Waals surface area contributed by atoms with Gasteiger partial charge in [-0.2, -0.15) is 0 Å². The Morgan fingerprint density at radius 1 is 1.35 bits per heavy atom. The fourth-order valence-electron chi connectivity index (χ4n) is 2.42. The Bertz CT molecular complexity index is 390. The Morgan fingerprint density at radius 3 is 2.55 bits per heavy atom. The maximum absolute atomic E-state index is 11.4. The van der Waals surface area contributed by atoms with Crippen molar-refractivity contribution in [2.75, 3.05) is 12.3 Å². The lowest BCUT2D eigenvalue weighted by Gasteiger charge is -2.26. The molecule has 1 N–H and O–H groups in total. The van der Waals surface area contributed by atoms with Gasteiger partial charge >= 0.3 is 5.97 Å². The molecule has 0 radical (unpaired) electrons. The zero-order valence-electron chi connectivity index (χ0n) is 12.0. The van der Waals surface area contributed by atoms with Crippen LogP contribution in [0, 0.1) is 0 Å². The minimum absolute atomic E-state index is 0.224. The smallest absolute Gasteiger partial charge is 0.306 e. The van der Waals surface area contributed by atoms with Crippen LogP contribution >= 0.6 is 0 Å². The van der Waals surface area contributed by atoms with Crippen LogP contribution in [0.15, 0.2) is 0 Å². The lowest BCUT2D eigenvalue weighted by atomic mass is 9.95. The van der Waals surface area contributed by atoms with E-state index in [1.165, 1.54) is 6.42 Å². The molecule has 1 atom stereocenters. The summed E-state index contributed by atoms with van der Waals surface area (Å²) >= 11 is 0. The molecule has 1 saturated carbocycles. The number of hydrogen-bond donors (Lipinski definition) is 1. The monoisotopic (exact) mass is 306 g/mol. The third-order valence-corrected chi connectivity index (χ3v) is 4.16.